The molecule has 0 aliphatic carbocycles. The van der Waals surface area contributed by atoms with Crippen LogP contribution in [0.2, 0.25) is 0 Å². The van der Waals surface area contributed by atoms with Gasteiger partial charge in [-0.1, -0.05) is 20.8 Å². The average Bonchev–Trinajstić information content (AvgIpc) is 2.34. The maximum atomic E-state index is 14.0. The van der Waals surface area contributed by atoms with E-state index >= 15 is 0 Å². The van der Waals surface area contributed by atoms with Crippen LogP contribution in [0.25, 0.3) is 0 Å². The minimum Gasteiger partial charge on any atom is -0.451 e. The van der Waals surface area contributed by atoms with Crippen LogP contribution in [0.4, 0.5) is 13.2 Å². The van der Waals surface area contributed by atoms with Crippen molar-refractivity contribution in [1.82, 2.24) is 0 Å². The standard InChI is InChI=1S/C16H15F3O/c1-16(2,3)10-8-13(18)15(14(19)9-10)20-12-6-4-11(17)5-7-12/h4-9H,1-3H3. The second kappa shape index (κ2) is 5.19. The number of halogens is 3. The van der Waals surface area contributed by atoms with E-state index in [1.165, 1.54) is 24.3 Å². The van der Waals surface area contributed by atoms with Crippen molar-refractivity contribution in [2.24, 2.45) is 0 Å². The van der Waals surface area contributed by atoms with Gasteiger partial charge in [-0.15, -0.1) is 0 Å². The summed E-state index contributed by atoms with van der Waals surface area (Å²) in [6, 6.07) is 7.45. The van der Waals surface area contributed by atoms with Crippen molar-refractivity contribution in [3.8, 4) is 11.5 Å². The molecule has 0 aliphatic heterocycles. The molecule has 0 N–H and O–H groups in total. The van der Waals surface area contributed by atoms with Gasteiger partial charge in [0.2, 0.25) is 0 Å². The number of hydrogen-bond acceptors (Lipinski definition) is 1. The molecular formula is C16H15F3O. The zero-order valence-corrected chi connectivity index (χ0v) is 11.5. The van der Waals surface area contributed by atoms with Gasteiger partial charge in [-0.05, 0) is 47.4 Å². The molecule has 4 heteroatoms. The molecule has 0 aromatic heterocycles. The van der Waals surface area contributed by atoms with Gasteiger partial charge < -0.3 is 4.74 Å². The van der Waals surface area contributed by atoms with E-state index in [0.29, 0.717) is 5.56 Å². The molecule has 0 heterocycles. The van der Waals surface area contributed by atoms with Crippen molar-refractivity contribution in [2.45, 2.75) is 26.2 Å². The molecule has 0 saturated heterocycles. The molecule has 0 spiro atoms. The van der Waals surface area contributed by atoms with Gasteiger partial charge in [0.25, 0.3) is 0 Å². The molecule has 106 valence electrons. The lowest BCUT2D eigenvalue weighted by molar-refractivity contribution is 0.403. The average molecular weight is 280 g/mol. The van der Waals surface area contributed by atoms with E-state index in [2.05, 4.69) is 0 Å². The van der Waals surface area contributed by atoms with Gasteiger partial charge in [-0.3, -0.25) is 0 Å². The van der Waals surface area contributed by atoms with Gasteiger partial charge in [0.15, 0.2) is 17.4 Å². The van der Waals surface area contributed by atoms with Crippen molar-refractivity contribution in [1.29, 1.82) is 0 Å². The Morgan fingerprint density at radius 1 is 0.850 bits per heavy atom. The summed E-state index contributed by atoms with van der Waals surface area (Å²) >= 11 is 0. The van der Waals surface area contributed by atoms with Crippen LogP contribution in [0, 0.1) is 17.5 Å². The van der Waals surface area contributed by atoms with Crippen LogP contribution in [0.1, 0.15) is 26.3 Å². The lowest BCUT2D eigenvalue weighted by Crippen LogP contribution is -2.12. The molecule has 0 unspecified atom stereocenters. The summed E-state index contributed by atoms with van der Waals surface area (Å²) in [4.78, 5) is 0. The Morgan fingerprint density at radius 3 is 1.80 bits per heavy atom. The van der Waals surface area contributed by atoms with Crippen LogP contribution in [-0.2, 0) is 5.41 Å². The summed E-state index contributed by atoms with van der Waals surface area (Å²) in [6.45, 7) is 5.59. The molecule has 0 fully saturated rings. The first kappa shape index (κ1) is 14.4. The van der Waals surface area contributed by atoms with Crippen LogP contribution in [0.3, 0.4) is 0 Å². The van der Waals surface area contributed by atoms with Gasteiger partial charge >= 0.3 is 0 Å². The summed E-state index contributed by atoms with van der Waals surface area (Å²) in [5, 5.41) is 0. The van der Waals surface area contributed by atoms with Crippen LogP contribution < -0.4 is 4.74 Å². The molecule has 2 aromatic carbocycles. The SMILES string of the molecule is CC(C)(C)c1cc(F)c(Oc2ccc(F)cc2)c(F)c1. The molecule has 20 heavy (non-hydrogen) atoms. The molecular weight excluding hydrogens is 265 g/mol. The first-order valence-corrected chi connectivity index (χ1v) is 6.20. The largest absolute Gasteiger partial charge is 0.451 e. The van der Waals surface area contributed by atoms with Gasteiger partial charge in [-0.25, -0.2) is 13.2 Å². The summed E-state index contributed by atoms with van der Waals surface area (Å²) < 4.78 is 45.8. The number of benzene rings is 2. The monoisotopic (exact) mass is 280 g/mol. The summed E-state index contributed by atoms with van der Waals surface area (Å²) in [5.41, 5.74) is 0.176. The smallest absolute Gasteiger partial charge is 0.198 e. The molecule has 0 bridgehead atoms. The van der Waals surface area contributed by atoms with Crippen molar-refractivity contribution in [3.63, 3.8) is 0 Å². The topological polar surface area (TPSA) is 9.23 Å². The highest BCUT2D eigenvalue weighted by molar-refractivity contribution is 5.37. The summed E-state index contributed by atoms with van der Waals surface area (Å²) in [5.74, 6) is -2.31. The Hall–Kier alpha value is -1.97. The molecule has 0 radical (unpaired) electrons. The van der Waals surface area contributed by atoms with Gasteiger partial charge in [0.1, 0.15) is 11.6 Å². The van der Waals surface area contributed by atoms with Gasteiger partial charge in [-0.2, -0.15) is 0 Å². The van der Waals surface area contributed by atoms with E-state index in [1.807, 2.05) is 20.8 Å². The third-order valence-corrected chi connectivity index (χ3v) is 2.90. The van der Waals surface area contributed by atoms with Crippen LogP contribution in [-0.4, -0.2) is 0 Å². The van der Waals surface area contributed by atoms with E-state index in [0.717, 1.165) is 12.1 Å². The highest BCUT2D eigenvalue weighted by atomic mass is 19.1. The van der Waals surface area contributed by atoms with E-state index in [4.69, 9.17) is 4.74 Å². The lowest BCUT2D eigenvalue weighted by atomic mass is 9.87. The van der Waals surface area contributed by atoms with Crippen molar-refractivity contribution < 1.29 is 17.9 Å². The fraction of sp³-hybridized carbons (Fsp3) is 0.250. The Bertz CT molecular complexity index is 590. The van der Waals surface area contributed by atoms with E-state index in [1.54, 1.807) is 0 Å². The van der Waals surface area contributed by atoms with Crippen LogP contribution in [0.15, 0.2) is 36.4 Å². The highest BCUT2D eigenvalue weighted by Crippen LogP contribution is 2.32. The molecule has 2 rings (SSSR count). The van der Waals surface area contributed by atoms with Gasteiger partial charge in [0, 0.05) is 0 Å². The Balaban J connectivity index is 2.36. The van der Waals surface area contributed by atoms with Crippen molar-refractivity contribution in [3.05, 3.63) is 59.4 Å². The number of rotatable bonds is 2. The first-order valence-electron chi connectivity index (χ1n) is 6.20. The van der Waals surface area contributed by atoms with Crippen molar-refractivity contribution in [2.75, 3.05) is 0 Å². The second-order valence-electron chi connectivity index (χ2n) is 5.57. The molecule has 0 aliphatic rings. The first-order chi connectivity index (χ1) is 9.27. The molecule has 0 amide bonds. The number of hydrogen-bond donors (Lipinski definition) is 0. The van der Waals surface area contributed by atoms with Crippen LogP contribution in [0.5, 0.6) is 11.5 Å². The second-order valence-corrected chi connectivity index (χ2v) is 5.57. The molecule has 0 saturated carbocycles. The molecule has 1 nitrogen and oxygen atoms in total. The Morgan fingerprint density at radius 2 is 1.35 bits per heavy atom. The number of ether oxygens (including phenoxy) is 1. The zero-order chi connectivity index (χ0) is 14.9. The fourth-order valence-electron chi connectivity index (χ4n) is 1.71. The van der Waals surface area contributed by atoms with E-state index in [-0.39, 0.29) is 11.2 Å². The third-order valence-electron chi connectivity index (χ3n) is 2.90. The fourth-order valence-corrected chi connectivity index (χ4v) is 1.71. The Kier molecular flexibility index (Phi) is 3.75. The predicted molar refractivity (Wildman–Crippen MR) is 71.5 cm³/mol. The molecule has 0 atom stereocenters. The predicted octanol–water partition coefficient (Wildman–Crippen LogP) is 5.19. The maximum Gasteiger partial charge on any atom is 0.198 e. The Labute approximate surface area is 116 Å². The minimum atomic E-state index is -0.778. The summed E-state index contributed by atoms with van der Waals surface area (Å²) in [7, 11) is 0. The normalized spacial score (nSPS) is 11.5. The highest BCUT2D eigenvalue weighted by Gasteiger charge is 2.20. The van der Waals surface area contributed by atoms with E-state index in [9.17, 15) is 13.2 Å². The lowest BCUT2D eigenvalue weighted by Gasteiger charge is -2.20. The minimum absolute atomic E-state index is 0.174. The van der Waals surface area contributed by atoms with Crippen molar-refractivity contribution >= 4 is 0 Å². The summed E-state index contributed by atoms with van der Waals surface area (Å²) in [6.07, 6.45) is 0. The van der Waals surface area contributed by atoms with Crippen LogP contribution >= 0.6 is 0 Å². The zero-order valence-electron chi connectivity index (χ0n) is 11.5. The maximum absolute atomic E-state index is 14.0. The van der Waals surface area contributed by atoms with Gasteiger partial charge in [0.05, 0.1) is 0 Å². The molecule has 2 aromatic rings. The third kappa shape index (κ3) is 3.13. The quantitative estimate of drug-likeness (QED) is 0.735. The van der Waals surface area contributed by atoms with E-state index < -0.39 is 23.2 Å².